The minimum absolute atomic E-state index is 0.0673. The van der Waals surface area contributed by atoms with Crippen LogP contribution in [0.3, 0.4) is 0 Å². The molecule has 0 unspecified atom stereocenters. The van der Waals surface area contributed by atoms with Crippen LogP contribution < -0.4 is 5.73 Å². The fourth-order valence-corrected chi connectivity index (χ4v) is 1.42. The van der Waals surface area contributed by atoms with Crippen molar-refractivity contribution in [2.24, 2.45) is 7.05 Å². The summed E-state index contributed by atoms with van der Waals surface area (Å²) in [5.74, 6) is -0.0673. The van der Waals surface area contributed by atoms with Crippen molar-refractivity contribution >= 4 is 11.5 Å². The van der Waals surface area contributed by atoms with E-state index in [9.17, 15) is 4.79 Å². The quantitative estimate of drug-likeness (QED) is 0.587. The van der Waals surface area contributed by atoms with Crippen molar-refractivity contribution in [3.05, 3.63) is 47.8 Å². The number of nitrogens with zero attached hydrogens (tertiary/aromatic N) is 2. The first kappa shape index (κ1) is 9.45. The Morgan fingerprint density at radius 1 is 1.40 bits per heavy atom. The maximum atomic E-state index is 12.0. The first-order valence-corrected chi connectivity index (χ1v) is 4.57. The fourth-order valence-electron chi connectivity index (χ4n) is 1.42. The SMILES string of the molecule is Cn1nccc1C(=O)c1cccc(N)c1. The van der Waals surface area contributed by atoms with Crippen molar-refractivity contribution in [1.29, 1.82) is 0 Å². The number of aromatic nitrogens is 2. The zero-order chi connectivity index (χ0) is 10.8. The van der Waals surface area contributed by atoms with Crippen molar-refractivity contribution in [1.82, 2.24) is 9.78 Å². The lowest BCUT2D eigenvalue weighted by Crippen LogP contribution is -2.08. The van der Waals surface area contributed by atoms with Crippen LogP contribution in [-0.2, 0) is 7.05 Å². The Hall–Kier alpha value is -2.10. The van der Waals surface area contributed by atoms with E-state index in [2.05, 4.69) is 5.10 Å². The molecule has 76 valence electrons. The van der Waals surface area contributed by atoms with Crippen molar-refractivity contribution in [2.45, 2.75) is 0 Å². The molecule has 0 aliphatic heterocycles. The van der Waals surface area contributed by atoms with Crippen LogP contribution >= 0.6 is 0 Å². The summed E-state index contributed by atoms with van der Waals surface area (Å²) in [6.45, 7) is 0. The largest absolute Gasteiger partial charge is 0.399 e. The molecule has 0 spiro atoms. The molecule has 0 saturated heterocycles. The van der Waals surface area contributed by atoms with E-state index in [0.29, 0.717) is 16.9 Å². The lowest BCUT2D eigenvalue weighted by molar-refractivity contribution is 0.103. The van der Waals surface area contributed by atoms with Gasteiger partial charge in [0.05, 0.1) is 0 Å². The number of nitrogen functional groups attached to an aromatic ring is 1. The van der Waals surface area contributed by atoms with Gasteiger partial charge in [0.2, 0.25) is 5.78 Å². The van der Waals surface area contributed by atoms with Gasteiger partial charge in [-0.05, 0) is 18.2 Å². The van der Waals surface area contributed by atoms with E-state index in [1.54, 1.807) is 48.3 Å². The third-order valence-electron chi connectivity index (χ3n) is 2.20. The molecule has 1 heterocycles. The molecule has 0 saturated carbocycles. The van der Waals surface area contributed by atoms with Crippen LogP contribution in [0.4, 0.5) is 5.69 Å². The molecule has 1 aromatic heterocycles. The maximum Gasteiger partial charge on any atom is 0.211 e. The second kappa shape index (κ2) is 3.57. The number of aryl methyl sites for hydroxylation is 1. The number of anilines is 1. The predicted octanol–water partition coefficient (Wildman–Crippen LogP) is 1.23. The molecule has 0 radical (unpaired) electrons. The lowest BCUT2D eigenvalue weighted by Gasteiger charge is -2.02. The van der Waals surface area contributed by atoms with Gasteiger partial charge < -0.3 is 5.73 Å². The number of ketones is 1. The van der Waals surface area contributed by atoms with E-state index in [1.165, 1.54) is 0 Å². The normalized spacial score (nSPS) is 10.2. The second-order valence-corrected chi connectivity index (χ2v) is 3.29. The van der Waals surface area contributed by atoms with Crippen LogP contribution in [0.1, 0.15) is 16.1 Å². The van der Waals surface area contributed by atoms with E-state index in [4.69, 9.17) is 5.73 Å². The Kier molecular flexibility index (Phi) is 2.25. The summed E-state index contributed by atoms with van der Waals surface area (Å²) >= 11 is 0. The van der Waals surface area contributed by atoms with E-state index >= 15 is 0 Å². The predicted molar refractivity (Wildman–Crippen MR) is 57.5 cm³/mol. The van der Waals surface area contributed by atoms with Gasteiger partial charge in [-0.2, -0.15) is 5.10 Å². The molecule has 1 aromatic carbocycles. The maximum absolute atomic E-state index is 12.0. The molecule has 0 atom stereocenters. The summed E-state index contributed by atoms with van der Waals surface area (Å²) in [5, 5.41) is 3.95. The smallest absolute Gasteiger partial charge is 0.211 e. The van der Waals surface area contributed by atoms with Gasteiger partial charge in [0.15, 0.2) is 0 Å². The second-order valence-electron chi connectivity index (χ2n) is 3.29. The van der Waals surface area contributed by atoms with Crippen molar-refractivity contribution < 1.29 is 4.79 Å². The zero-order valence-corrected chi connectivity index (χ0v) is 8.34. The van der Waals surface area contributed by atoms with Gasteiger partial charge in [-0.3, -0.25) is 9.48 Å². The minimum atomic E-state index is -0.0673. The van der Waals surface area contributed by atoms with Crippen LogP contribution in [-0.4, -0.2) is 15.6 Å². The standard InChI is InChI=1S/C11H11N3O/c1-14-10(5-6-13-14)11(15)8-3-2-4-9(12)7-8/h2-7H,12H2,1H3. The van der Waals surface area contributed by atoms with Crippen LogP contribution in [0.25, 0.3) is 0 Å². The summed E-state index contributed by atoms with van der Waals surface area (Å²) in [4.78, 5) is 12.0. The number of carbonyl (C=O) groups is 1. The molecule has 0 aliphatic carbocycles. The summed E-state index contributed by atoms with van der Waals surface area (Å²) in [7, 11) is 1.74. The van der Waals surface area contributed by atoms with E-state index < -0.39 is 0 Å². The molecule has 15 heavy (non-hydrogen) atoms. The first-order chi connectivity index (χ1) is 7.18. The van der Waals surface area contributed by atoms with Crippen molar-refractivity contribution in [2.75, 3.05) is 5.73 Å². The molecule has 0 bridgehead atoms. The number of nitrogens with two attached hydrogens (primary N) is 1. The highest BCUT2D eigenvalue weighted by molar-refractivity contribution is 6.08. The summed E-state index contributed by atoms with van der Waals surface area (Å²) in [5.41, 5.74) is 7.34. The highest BCUT2D eigenvalue weighted by atomic mass is 16.1. The third-order valence-corrected chi connectivity index (χ3v) is 2.20. The fraction of sp³-hybridized carbons (Fsp3) is 0.0909. The van der Waals surface area contributed by atoms with Crippen LogP contribution in [0.5, 0.6) is 0 Å². The average Bonchev–Trinajstić information content (AvgIpc) is 2.63. The average molecular weight is 201 g/mol. The summed E-state index contributed by atoms with van der Waals surface area (Å²) in [6.07, 6.45) is 1.60. The van der Waals surface area contributed by atoms with Gasteiger partial charge in [0, 0.05) is 24.5 Å². The molecular formula is C11H11N3O. The Bertz CT molecular complexity index is 502. The summed E-state index contributed by atoms with van der Waals surface area (Å²) in [6, 6.07) is 8.60. The van der Waals surface area contributed by atoms with Gasteiger partial charge in [-0.25, -0.2) is 0 Å². The van der Waals surface area contributed by atoms with Gasteiger partial charge >= 0.3 is 0 Å². The topological polar surface area (TPSA) is 60.9 Å². The van der Waals surface area contributed by atoms with Gasteiger partial charge in [0.1, 0.15) is 5.69 Å². The Balaban J connectivity index is 2.41. The molecule has 2 N–H and O–H groups in total. The van der Waals surface area contributed by atoms with Gasteiger partial charge in [-0.15, -0.1) is 0 Å². The van der Waals surface area contributed by atoms with Gasteiger partial charge in [-0.1, -0.05) is 12.1 Å². The number of hydrogen-bond acceptors (Lipinski definition) is 3. The van der Waals surface area contributed by atoms with Crippen LogP contribution in [0, 0.1) is 0 Å². The van der Waals surface area contributed by atoms with E-state index in [1.807, 2.05) is 0 Å². The van der Waals surface area contributed by atoms with Crippen LogP contribution in [0.15, 0.2) is 36.5 Å². The van der Waals surface area contributed by atoms with E-state index in [0.717, 1.165) is 0 Å². The molecule has 0 amide bonds. The number of benzene rings is 1. The monoisotopic (exact) mass is 201 g/mol. The molecule has 4 heteroatoms. The highest BCUT2D eigenvalue weighted by Crippen LogP contribution is 2.11. The molecule has 0 aliphatic rings. The summed E-state index contributed by atoms with van der Waals surface area (Å²) < 4.78 is 1.55. The third kappa shape index (κ3) is 1.74. The Morgan fingerprint density at radius 2 is 2.20 bits per heavy atom. The molecule has 2 aromatic rings. The number of hydrogen-bond donors (Lipinski definition) is 1. The molecule has 0 fully saturated rings. The number of rotatable bonds is 2. The van der Waals surface area contributed by atoms with Gasteiger partial charge in [0.25, 0.3) is 0 Å². The van der Waals surface area contributed by atoms with E-state index in [-0.39, 0.29) is 5.78 Å². The molecule has 4 nitrogen and oxygen atoms in total. The minimum Gasteiger partial charge on any atom is -0.399 e. The molecule has 2 rings (SSSR count). The highest BCUT2D eigenvalue weighted by Gasteiger charge is 2.12. The Morgan fingerprint density at radius 3 is 2.80 bits per heavy atom. The Labute approximate surface area is 87.3 Å². The zero-order valence-electron chi connectivity index (χ0n) is 8.34. The molecular weight excluding hydrogens is 190 g/mol. The van der Waals surface area contributed by atoms with Crippen LogP contribution in [0.2, 0.25) is 0 Å². The van der Waals surface area contributed by atoms with Crippen molar-refractivity contribution in [3.8, 4) is 0 Å². The first-order valence-electron chi connectivity index (χ1n) is 4.57. The van der Waals surface area contributed by atoms with Crippen molar-refractivity contribution in [3.63, 3.8) is 0 Å². The lowest BCUT2D eigenvalue weighted by atomic mass is 10.1. The number of carbonyl (C=O) groups excluding carboxylic acids is 1.